The Morgan fingerprint density at radius 1 is 1.35 bits per heavy atom. The van der Waals surface area contributed by atoms with Crippen LogP contribution in [0.2, 0.25) is 0 Å². The van der Waals surface area contributed by atoms with Crippen molar-refractivity contribution in [1.82, 2.24) is 4.98 Å². The molecule has 1 heterocycles. The maximum absolute atomic E-state index is 13.3. The fraction of sp³-hybridized carbons (Fsp3) is 0.560. The van der Waals surface area contributed by atoms with Gasteiger partial charge in [0.1, 0.15) is 5.78 Å². The number of benzene rings is 1. The summed E-state index contributed by atoms with van der Waals surface area (Å²) >= 11 is 8.45. The minimum absolute atomic E-state index is 0.0674. The summed E-state index contributed by atoms with van der Waals surface area (Å²) in [5.74, 6) is 1.25. The number of aryl methyl sites for hydroxylation is 1. The third-order valence-corrected chi connectivity index (χ3v) is 11.2. The molecule has 3 aliphatic carbocycles. The molecule has 12 heteroatoms. The van der Waals surface area contributed by atoms with Crippen LogP contribution in [0.3, 0.4) is 0 Å². The van der Waals surface area contributed by atoms with Crippen LogP contribution >= 0.6 is 51.0 Å². The molecule has 3 N–H and O–H groups in total. The fourth-order valence-electron chi connectivity index (χ4n) is 7.07. The Balaban J connectivity index is 1.38. The molecule has 0 spiro atoms. The monoisotopic (exact) mass is 674 g/mol. The van der Waals surface area contributed by atoms with E-state index < -0.39 is 7.82 Å². The normalized spacial score (nSPS) is 28.9. The van der Waals surface area contributed by atoms with Gasteiger partial charge < -0.3 is 9.84 Å². The number of anilines is 1. The van der Waals surface area contributed by atoms with Crippen LogP contribution in [-0.4, -0.2) is 26.5 Å². The van der Waals surface area contributed by atoms with Gasteiger partial charge in [0.05, 0.1) is 8.95 Å². The molecule has 0 saturated heterocycles. The van der Waals surface area contributed by atoms with Gasteiger partial charge in [-0.3, -0.25) is 19.4 Å². The quantitative estimate of drug-likeness (QED) is 0.298. The average Bonchev–Trinajstić information content (AvgIpc) is 3.33. The number of Topliss-reactive ketones (excluding diaryl/α,β-unsaturated/α-hetero) is 1. The molecule has 2 aromatic rings. The number of fused-ring (bicyclic) bond motifs is 5. The van der Waals surface area contributed by atoms with Crippen molar-refractivity contribution < 1.29 is 28.5 Å². The Kier molecular flexibility index (Phi) is 7.53. The lowest BCUT2D eigenvalue weighted by Crippen LogP contribution is -2.44. The molecule has 1 aromatic carbocycles. The van der Waals surface area contributed by atoms with Gasteiger partial charge in [0.15, 0.2) is 10.9 Å². The van der Waals surface area contributed by atoms with E-state index in [0.717, 1.165) is 41.7 Å². The zero-order valence-electron chi connectivity index (χ0n) is 20.5. The number of halogens is 2. The second-order valence-corrected chi connectivity index (χ2v) is 14.7. The molecule has 200 valence electrons. The van der Waals surface area contributed by atoms with E-state index in [0.29, 0.717) is 45.0 Å². The maximum Gasteiger partial charge on any atom is 0.524 e. The van der Waals surface area contributed by atoms with Crippen LogP contribution in [0, 0.1) is 30.1 Å². The van der Waals surface area contributed by atoms with Crippen LogP contribution < -0.4 is 9.84 Å². The first-order valence-electron chi connectivity index (χ1n) is 12.4. The number of phosphoric ester groups is 1. The number of carbonyl (C=O) groups is 2. The third kappa shape index (κ3) is 5.24. The number of hydrogen-bond donors (Lipinski definition) is 3. The number of aromatic nitrogens is 1. The van der Waals surface area contributed by atoms with Gasteiger partial charge in [-0.1, -0.05) is 6.92 Å². The molecule has 37 heavy (non-hydrogen) atoms. The van der Waals surface area contributed by atoms with Gasteiger partial charge in [-0.2, -0.15) is 0 Å². The molecule has 0 aliphatic heterocycles. The first-order valence-corrected chi connectivity index (χ1v) is 16.3. The zero-order valence-corrected chi connectivity index (χ0v) is 25.4. The highest BCUT2D eigenvalue weighted by Crippen LogP contribution is 2.63. The third-order valence-electron chi connectivity index (χ3n) is 8.54. The Morgan fingerprint density at radius 2 is 2.11 bits per heavy atom. The number of nitrogens with one attached hydrogen (secondary N) is 1. The number of amides is 1. The van der Waals surface area contributed by atoms with Gasteiger partial charge in [-0.15, -0.1) is 11.3 Å². The van der Waals surface area contributed by atoms with Gasteiger partial charge in [-0.25, -0.2) is 9.55 Å². The molecule has 2 saturated carbocycles. The molecule has 2 fully saturated rings. The highest BCUT2D eigenvalue weighted by Gasteiger charge is 2.58. The number of carbonyl (C=O) groups excluding carboxylic acids is 2. The molecule has 0 radical (unpaired) electrons. The molecule has 1 amide bonds. The Labute approximate surface area is 236 Å². The topological polar surface area (TPSA) is 126 Å². The largest absolute Gasteiger partial charge is 0.524 e. The van der Waals surface area contributed by atoms with Crippen LogP contribution in [0.4, 0.5) is 5.13 Å². The lowest BCUT2D eigenvalue weighted by atomic mass is 9.54. The van der Waals surface area contributed by atoms with E-state index >= 15 is 0 Å². The fourth-order valence-corrected chi connectivity index (χ4v) is 9.94. The van der Waals surface area contributed by atoms with E-state index in [9.17, 15) is 23.9 Å². The standard InChI is InChI=1S/C25H29Br2N2O6PS/c1-12-11-28-24(37-12)29-20(31)6-3-13-9-19(30)25(2)8-7-14-15(21(13)25)4-5-16-17(14)10-18(26)23(22(16)27)35-36(32,33)34/h10-11,13-15,21H,3-9H2,1-2H3,(H,28,29,31)(H2,32,33,34). The van der Waals surface area contributed by atoms with Crippen LogP contribution in [0.1, 0.15) is 67.4 Å². The van der Waals surface area contributed by atoms with Crippen molar-refractivity contribution in [3.05, 3.63) is 37.2 Å². The summed E-state index contributed by atoms with van der Waals surface area (Å²) in [7, 11) is -4.72. The molecule has 5 rings (SSSR count). The van der Waals surface area contributed by atoms with Crippen LogP contribution in [0.5, 0.6) is 5.75 Å². The number of hydrogen-bond acceptors (Lipinski definition) is 6. The van der Waals surface area contributed by atoms with Crippen molar-refractivity contribution in [3.8, 4) is 5.75 Å². The zero-order chi connectivity index (χ0) is 26.7. The Hall–Kier alpha value is -1.10. The molecule has 5 unspecified atom stereocenters. The number of thiazole rings is 1. The van der Waals surface area contributed by atoms with E-state index in [1.165, 1.54) is 11.3 Å². The van der Waals surface area contributed by atoms with Crippen molar-refractivity contribution in [2.75, 3.05) is 5.32 Å². The number of phosphoric acid groups is 1. The minimum Gasteiger partial charge on any atom is -0.402 e. The van der Waals surface area contributed by atoms with Crippen LogP contribution in [-0.2, 0) is 20.6 Å². The van der Waals surface area contributed by atoms with Crippen molar-refractivity contribution in [2.45, 2.75) is 64.7 Å². The Morgan fingerprint density at radius 3 is 2.78 bits per heavy atom. The average molecular weight is 676 g/mol. The summed E-state index contributed by atoms with van der Waals surface area (Å²) in [6, 6.07) is 1.93. The predicted molar refractivity (Wildman–Crippen MR) is 148 cm³/mol. The lowest BCUT2D eigenvalue weighted by Gasteiger charge is -2.50. The van der Waals surface area contributed by atoms with Crippen molar-refractivity contribution in [2.24, 2.45) is 23.2 Å². The maximum atomic E-state index is 13.3. The smallest absolute Gasteiger partial charge is 0.402 e. The van der Waals surface area contributed by atoms with E-state index in [-0.39, 0.29) is 34.8 Å². The van der Waals surface area contributed by atoms with Crippen molar-refractivity contribution in [1.29, 1.82) is 0 Å². The molecular weight excluding hydrogens is 647 g/mol. The summed E-state index contributed by atoms with van der Waals surface area (Å²) in [6.45, 7) is 4.07. The number of nitrogens with zero attached hydrogens (tertiary/aromatic N) is 1. The molecule has 1 aromatic heterocycles. The first kappa shape index (κ1) is 27.5. The molecule has 3 aliphatic rings. The van der Waals surface area contributed by atoms with Gasteiger partial charge in [-0.05, 0) is 112 Å². The number of rotatable bonds is 6. The van der Waals surface area contributed by atoms with Gasteiger partial charge in [0, 0.05) is 29.3 Å². The predicted octanol–water partition coefficient (Wildman–Crippen LogP) is 6.52. The molecular formula is C25H29Br2N2O6PS. The molecule has 8 nitrogen and oxygen atoms in total. The summed E-state index contributed by atoms with van der Waals surface area (Å²) in [4.78, 5) is 49.9. The number of ketones is 1. The second kappa shape index (κ2) is 10.1. The molecule has 0 bridgehead atoms. The van der Waals surface area contributed by atoms with E-state index in [2.05, 4.69) is 49.1 Å². The lowest BCUT2D eigenvalue weighted by molar-refractivity contribution is -0.129. The summed E-state index contributed by atoms with van der Waals surface area (Å²) in [6.07, 6.45) is 6.56. The van der Waals surface area contributed by atoms with Crippen LogP contribution in [0.15, 0.2) is 21.2 Å². The molecule has 5 atom stereocenters. The van der Waals surface area contributed by atoms with Gasteiger partial charge in [0.2, 0.25) is 5.91 Å². The van der Waals surface area contributed by atoms with E-state index in [4.69, 9.17) is 4.52 Å². The highest BCUT2D eigenvalue weighted by atomic mass is 79.9. The minimum atomic E-state index is -4.72. The summed E-state index contributed by atoms with van der Waals surface area (Å²) < 4.78 is 17.5. The SMILES string of the molecule is Cc1cnc(NC(=O)CCC2CC(=O)C3(C)CCC4c5cc(Br)c(OP(=O)(O)O)c(Br)c5CCC4C23)s1. The van der Waals surface area contributed by atoms with Gasteiger partial charge >= 0.3 is 7.82 Å². The highest BCUT2D eigenvalue weighted by molar-refractivity contribution is 9.11. The Bertz CT molecular complexity index is 1310. The first-order chi connectivity index (χ1) is 17.4. The van der Waals surface area contributed by atoms with Gasteiger partial charge in [0.25, 0.3) is 0 Å². The van der Waals surface area contributed by atoms with E-state index in [1.54, 1.807) is 6.20 Å². The second-order valence-electron chi connectivity index (χ2n) is 10.7. The van der Waals surface area contributed by atoms with E-state index in [1.807, 2.05) is 13.0 Å². The van der Waals surface area contributed by atoms with Crippen molar-refractivity contribution >= 4 is 67.8 Å². The summed E-state index contributed by atoms with van der Waals surface area (Å²) in [5, 5.41) is 3.49. The van der Waals surface area contributed by atoms with Crippen molar-refractivity contribution in [3.63, 3.8) is 0 Å². The van der Waals surface area contributed by atoms with Crippen LogP contribution in [0.25, 0.3) is 0 Å². The summed E-state index contributed by atoms with van der Waals surface area (Å²) in [5.41, 5.74) is 1.78.